The lowest BCUT2D eigenvalue weighted by atomic mass is 9.99. The highest BCUT2D eigenvalue weighted by Gasteiger charge is 2.13. The molecule has 35 heavy (non-hydrogen) atoms. The van der Waals surface area contributed by atoms with Crippen molar-refractivity contribution in [3.63, 3.8) is 0 Å². The Bertz CT molecular complexity index is 1270. The molecule has 0 bridgehead atoms. The van der Waals surface area contributed by atoms with Crippen molar-refractivity contribution in [1.82, 2.24) is 4.90 Å². The van der Waals surface area contributed by atoms with Gasteiger partial charge >= 0.3 is 0 Å². The number of ether oxygens (including phenoxy) is 2. The molecule has 0 saturated carbocycles. The van der Waals surface area contributed by atoms with Crippen LogP contribution in [0.2, 0.25) is 0 Å². The van der Waals surface area contributed by atoms with Gasteiger partial charge in [-0.3, -0.25) is 0 Å². The van der Waals surface area contributed by atoms with E-state index in [0.717, 1.165) is 52.0 Å². The number of piperidine rings is 1. The zero-order valence-electron chi connectivity index (χ0n) is 20.5. The standard InChI is InChI=1S/C32H33NO2/c1-34-28-19-14-27(15-20-28)31-21-16-26-10-3-4-11-30(26)32(31)35-29-17-12-25(13-18-29)9-5-8-24-33-22-6-2-7-23-33/h3-4,8,10-21,24H,2,5-7,9,22-23H2,1H3. The molecule has 0 atom stereocenters. The minimum Gasteiger partial charge on any atom is -0.497 e. The molecule has 1 aliphatic heterocycles. The molecule has 0 N–H and O–H groups in total. The molecule has 5 rings (SSSR count). The van der Waals surface area contributed by atoms with Gasteiger partial charge in [0, 0.05) is 24.0 Å². The summed E-state index contributed by atoms with van der Waals surface area (Å²) in [6.07, 6.45) is 10.7. The average Bonchev–Trinajstić information content (AvgIpc) is 2.93. The van der Waals surface area contributed by atoms with E-state index >= 15 is 0 Å². The Morgan fingerprint density at radius 2 is 1.51 bits per heavy atom. The highest BCUT2D eigenvalue weighted by molar-refractivity contribution is 5.95. The van der Waals surface area contributed by atoms with E-state index < -0.39 is 0 Å². The fraction of sp³-hybridized carbons (Fsp3) is 0.250. The highest BCUT2D eigenvalue weighted by Crippen LogP contribution is 2.40. The van der Waals surface area contributed by atoms with Crippen molar-refractivity contribution in [2.75, 3.05) is 20.2 Å². The Kier molecular flexibility index (Phi) is 7.33. The molecule has 1 aliphatic rings. The fourth-order valence-corrected chi connectivity index (χ4v) is 4.73. The molecule has 0 spiro atoms. The van der Waals surface area contributed by atoms with Crippen LogP contribution in [-0.4, -0.2) is 25.1 Å². The second-order valence-electron chi connectivity index (χ2n) is 9.16. The van der Waals surface area contributed by atoms with Gasteiger partial charge in [-0.1, -0.05) is 60.7 Å². The van der Waals surface area contributed by atoms with Crippen molar-refractivity contribution in [1.29, 1.82) is 0 Å². The van der Waals surface area contributed by atoms with Crippen molar-refractivity contribution in [2.24, 2.45) is 0 Å². The Labute approximate surface area is 208 Å². The van der Waals surface area contributed by atoms with Gasteiger partial charge < -0.3 is 14.4 Å². The number of nitrogens with zero attached hydrogens (tertiary/aromatic N) is 1. The maximum absolute atomic E-state index is 6.54. The van der Waals surface area contributed by atoms with Crippen LogP contribution in [0.4, 0.5) is 0 Å². The van der Waals surface area contributed by atoms with E-state index in [0.29, 0.717) is 0 Å². The van der Waals surface area contributed by atoms with Crippen LogP contribution in [0.15, 0.2) is 97.2 Å². The molecular weight excluding hydrogens is 430 g/mol. The number of hydrogen-bond acceptors (Lipinski definition) is 3. The van der Waals surface area contributed by atoms with Gasteiger partial charge in [0.05, 0.1) is 7.11 Å². The molecule has 0 aromatic heterocycles. The molecule has 1 fully saturated rings. The number of methoxy groups -OCH3 is 1. The summed E-state index contributed by atoms with van der Waals surface area (Å²) in [5.41, 5.74) is 3.50. The third-order valence-electron chi connectivity index (χ3n) is 6.73. The maximum Gasteiger partial charge on any atom is 0.143 e. The van der Waals surface area contributed by atoms with E-state index in [1.165, 1.54) is 37.9 Å². The van der Waals surface area contributed by atoms with E-state index in [2.05, 4.69) is 90.0 Å². The first-order valence-electron chi connectivity index (χ1n) is 12.6. The van der Waals surface area contributed by atoms with E-state index in [1.807, 2.05) is 12.1 Å². The molecular formula is C32H33NO2. The molecule has 0 amide bonds. The third kappa shape index (κ3) is 5.68. The van der Waals surface area contributed by atoms with Crippen LogP contribution in [-0.2, 0) is 6.42 Å². The molecule has 0 radical (unpaired) electrons. The molecule has 4 aromatic carbocycles. The van der Waals surface area contributed by atoms with Gasteiger partial charge in [0.1, 0.15) is 17.2 Å². The fourth-order valence-electron chi connectivity index (χ4n) is 4.73. The highest BCUT2D eigenvalue weighted by atomic mass is 16.5. The summed E-state index contributed by atoms with van der Waals surface area (Å²) >= 11 is 0. The van der Waals surface area contributed by atoms with E-state index in [4.69, 9.17) is 9.47 Å². The number of aryl methyl sites for hydroxylation is 1. The number of fused-ring (bicyclic) bond motifs is 1. The van der Waals surface area contributed by atoms with Crippen molar-refractivity contribution in [3.05, 3.63) is 103 Å². The van der Waals surface area contributed by atoms with Gasteiger partial charge in [0.2, 0.25) is 0 Å². The number of hydrogen-bond donors (Lipinski definition) is 0. The predicted molar refractivity (Wildman–Crippen MR) is 145 cm³/mol. The Balaban J connectivity index is 1.33. The summed E-state index contributed by atoms with van der Waals surface area (Å²) in [7, 11) is 1.69. The third-order valence-corrected chi connectivity index (χ3v) is 6.73. The van der Waals surface area contributed by atoms with Crippen LogP contribution in [0.1, 0.15) is 31.2 Å². The topological polar surface area (TPSA) is 21.7 Å². The number of rotatable bonds is 8. The molecule has 4 aromatic rings. The molecule has 3 heteroatoms. The molecule has 1 heterocycles. The number of allylic oxidation sites excluding steroid dienone is 1. The van der Waals surface area contributed by atoms with Crippen LogP contribution in [0.3, 0.4) is 0 Å². The summed E-state index contributed by atoms with van der Waals surface area (Å²) in [6, 6.07) is 29.3. The molecule has 0 unspecified atom stereocenters. The summed E-state index contributed by atoms with van der Waals surface area (Å²) in [5.74, 6) is 2.58. The molecule has 1 saturated heterocycles. The van der Waals surface area contributed by atoms with E-state index in [1.54, 1.807) is 7.11 Å². The van der Waals surface area contributed by atoms with Crippen LogP contribution >= 0.6 is 0 Å². The molecule has 3 nitrogen and oxygen atoms in total. The first-order valence-corrected chi connectivity index (χ1v) is 12.6. The minimum atomic E-state index is 0.846. The lowest BCUT2D eigenvalue weighted by molar-refractivity contribution is 0.308. The lowest BCUT2D eigenvalue weighted by Gasteiger charge is -2.24. The summed E-state index contributed by atoms with van der Waals surface area (Å²) in [5, 5.41) is 2.27. The van der Waals surface area contributed by atoms with Crippen molar-refractivity contribution in [3.8, 4) is 28.4 Å². The van der Waals surface area contributed by atoms with Crippen molar-refractivity contribution >= 4 is 10.8 Å². The predicted octanol–water partition coefficient (Wildman–Crippen LogP) is 8.24. The number of benzene rings is 4. The van der Waals surface area contributed by atoms with Crippen molar-refractivity contribution in [2.45, 2.75) is 32.1 Å². The summed E-state index contributed by atoms with van der Waals surface area (Å²) < 4.78 is 11.9. The van der Waals surface area contributed by atoms with Crippen LogP contribution < -0.4 is 9.47 Å². The second-order valence-corrected chi connectivity index (χ2v) is 9.16. The van der Waals surface area contributed by atoms with Crippen LogP contribution in [0, 0.1) is 0 Å². The summed E-state index contributed by atoms with van der Waals surface area (Å²) in [4.78, 5) is 2.45. The SMILES string of the molecule is COc1ccc(-c2ccc3ccccc3c2Oc2ccc(CCC=CN3CCCCC3)cc2)cc1. The molecule has 0 aliphatic carbocycles. The van der Waals surface area contributed by atoms with Crippen LogP contribution in [0.25, 0.3) is 21.9 Å². The number of likely N-dealkylation sites (tertiary alicyclic amines) is 1. The van der Waals surface area contributed by atoms with Gasteiger partial charge in [0.15, 0.2) is 0 Å². The average molecular weight is 464 g/mol. The van der Waals surface area contributed by atoms with Gasteiger partial charge in [0.25, 0.3) is 0 Å². The van der Waals surface area contributed by atoms with Gasteiger partial charge in [-0.2, -0.15) is 0 Å². The maximum atomic E-state index is 6.54. The Morgan fingerprint density at radius 1 is 0.771 bits per heavy atom. The quantitative estimate of drug-likeness (QED) is 0.263. The normalized spacial score (nSPS) is 13.9. The monoisotopic (exact) mass is 463 g/mol. The van der Waals surface area contributed by atoms with Gasteiger partial charge in [-0.25, -0.2) is 0 Å². The van der Waals surface area contributed by atoms with Gasteiger partial charge in [-0.05, 0) is 85.1 Å². The van der Waals surface area contributed by atoms with Gasteiger partial charge in [-0.15, -0.1) is 0 Å². The first kappa shape index (κ1) is 23.0. The van der Waals surface area contributed by atoms with Crippen molar-refractivity contribution < 1.29 is 9.47 Å². The van der Waals surface area contributed by atoms with Crippen LogP contribution in [0.5, 0.6) is 17.2 Å². The smallest absolute Gasteiger partial charge is 0.143 e. The van der Waals surface area contributed by atoms with E-state index in [9.17, 15) is 0 Å². The Hall–Kier alpha value is -3.72. The first-order chi connectivity index (χ1) is 17.3. The second kappa shape index (κ2) is 11.1. The zero-order chi connectivity index (χ0) is 23.9. The Morgan fingerprint density at radius 3 is 2.29 bits per heavy atom. The minimum absolute atomic E-state index is 0.846. The zero-order valence-corrected chi connectivity index (χ0v) is 20.5. The molecule has 178 valence electrons. The van der Waals surface area contributed by atoms with E-state index in [-0.39, 0.29) is 0 Å². The lowest BCUT2D eigenvalue weighted by Crippen LogP contribution is -2.24. The summed E-state index contributed by atoms with van der Waals surface area (Å²) in [6.45, 7) is 2.41. The largest absolute Gasteiger partial charge is 0.497 e.